The molecule has 0 spiro atoms. The summed E-state index contributed by atoms with van der Waals surface area (Å²) in [4.78, 5) is 17.5. The van der Waals surface area contributed by atoms with Crippen LogP contribution in [0.15, 0.2) is 59.7 Å². The molecule has 3 aliphatic rings. The van der Waals surface area contributed by atoms with E-state index in [2.05, 4.69) is 63.6 Å². The first-order chi connectivity index (χ1) is 13.3. The van der Waals surface area contributed by atoms with Crippen molar-refractivity contribution in [3.63, 3.8) is 0 Å². The van der Waals surface area contributed by atoms with Crippen LogP contribution < -0.4 is 15.1 Å². The lowest BCUT2D eigenvalue weighted by Gasteiger charge is -2.18. The molecule has 0 amide bonds. The molecule has 0 bridgehead atoms. The van der Waals surface area contributed by atoms with Gasteiger partial charge in [-0.1, -0.05) is 24.3 Å². The van der Waals surface area contributed by atoms with E-state index in [0.717, 1.165) is 48.5 Å². The van der Waals surface area contributed by atoms with Crippen LogP contribution in [0.25, 0.3) is 12.2 Å². The number of Topliss-reactive ketones (excluding diaryl/α,β-unsaturated/α-hetero) is 1. The lowest BCUT2D eigenvalue weighted by atomic mass is 9.95. The van der Waals surface area contributed by atoms with Crippen LogP contribution >= 0.6 is 0 Å². The smallest absolute Gasteiger partial charge is 0.187 e. The lowest BCUT2D eigenvalue weighted by molar-refractivity contribution is -0.112. The van der Waals surface area contributed by atoms with Crippen LogP contribution in [-0.4, -0.2) is 45.1 Å². The Morgan fingerprint density at radius 1 is 0.667 bits per heavy atom. The van der Waals surface area contributed by atoms with Gasteiger partial charge in [-0.3, -0.25) is 4.79 Å². The molecular weight excluding hydrogens is 334 g/mol. The molecule has 3 aliphatic heterocycles. The molecule has 0 unspecified atom stereocenters. The summed E-state index contributed by atoms with van der Waals surface area (Å²) in [7, 11) is 0. The largest absolute Gasteiger partial charge is 0.368 e. The maximum absolute atomic E-state index is 12.9. The number of benzene rings is 2. The van der Waals surface area contributed by atoms with Crippen LogP contribution in [0.4, 0.5) is 11.4 Å². The van der Waals surface area contributed by atoms with E-state index in [0.29, 0.717) is 13.1 Å². The van der Waals surface area contributed by atoms with E-state index < -0.39 is 0 Å². The van der Waals surface area contributed by atoms with Crippen LogP contribution in [0.1, 0.15) is 11.1 Å². The maximum atomic E-state index is 12.9. The fourth-order valence-electron chi connectivity index (χ4n) is 3.51. The third-order valence-electron chi connectivity index (χ3n) is 5.31. The Hall–Kier alpha value is -2.85. The van der Waals surface area contributed by atoms with Crippen LogP contribution in [-0.2, 0) is 4.79 Å². The summed E-state index contributed by atoms with van der Waals surface area (Å²) in [5, 5.41) is 3.36. The quantitative estimate of drug-likeness (QED) is 0.674. The first-order valence-corrected chi connectivity index (χ1v) is 9.63. The van der Waals surface area contributed by atoms with Gasteiger partial charge in [-0.25, -0.2) is 0 Å². The lowest BCUT2D eigenvalue weighted by Crippen LogP contribution is -2.32. The Labute approximate surface area is 159 Å². The van der Waals surface area contributed by atoms with E-state index in [1.165, 1.54) is 11.4 Å². The number of piperidine rings is 1. The van der Waals surface area contributed by atoms with Crippen LogP contribution in [0.3, 0.4) is 0 Å². The van der Waals surface area contributed by atoms with Gasteiger partial charge in [-0.2, -0.15) is 0 Å². The van der Waals surface area contributed by atoms with Crippen LogP contribution in [0.2, 0.25) is 0 Å². The predicted molar refractivity (Wildman–Crippen MR) is 111 cm³/mol. The van der Waals surface area contributed by atoms with Crippen molar-refractivity contribution in [2.45, 2.75) is 0 Å². The Morgan fingerprint density at radius 3 is 1.44 bits per heavy atom. The molecule has 2 aromatic carbocycles. The molecule has 0 radical (unpaired) electrons. The van der Waals surface area contributed by atoms with Crippen molar-refractivity contribution in [1.82, 2.24) is 5.32 Å². The molecule has 0 saturated carbocycles. The highest BCUT2D eigenvalue weighted by atomic mass is 16.1. The minimum absolute atomic E-state index is 0.152. The third-order valence-corrected chi connectivity index (χ3v) is 5.31. The predicted octanol–water partition coefficient (Wildman–Crippen LogP) is 2.97. The number of nitrogens with zero attached hydrogens (tertiary/aromatic N) is 2. The number of rotatable bonds is 4. The molecule has 3 saturated heterocycles. The Kier molecular flexibility index (Phi) is 4.06. The van der Waals surface area contributed by atoms with Crippen molar-refractivity contribution in [1.29, 1.82) is 0 Å². The summed E-state index contributed by atoms with van der Waals surface area (Å²) in [6.07, 6.45) is 4.02. The number of anilines is 2. The molecule has 4 heteroatoms. The summed E-state index contributed by atoms with van der Waals surface area (Å²) < 4.78 is 0. The molecule has 0 aliphatic carbocycles. The van der Waals surface area contributed by atoms with E-state index in [1.807, 2.05) is 12.2 Å². The summed E-state index contributed by atoms with van der Waals surface area (Å²) in [6, 6.07) is 16.9. The number of hydrogen-bond donors (Lipinski definition) is 1. The molecule has 27 heavy (non-hydrogen) atoms. The van der Waals surface area contributed by atoms with E-state index >= 15 is 0 Å². The van der Waals surface area contributed by atoms with Crippen LogP contribution in [0.5, 0.6) is 0 Å². The molecule has 3 fully saturated rings. The van der Waals surface area contributed by atoms with Gasteiger partial charge in [-0.15, -0.1) is 0 Å². The standard InChI is InChI=1S/C23H23N3O/c27-23-19(13-17-1-5-21(6-2-17)25-9-10-25)15-24-16-20(23)14-18-3-7-22(8-4-18)26-11-12-26/h1-8,13-14,24H,9-12,15-16H2/b19-13-,20-14+. The van der Waals surface area contributed by atoms with Gasteiger partial charge in [0.25, 0.3) is 0 Å². The zero-order valence-corrected chi connectivity index (χ0v) is 15.3. The summed E-state index contributed by atoms with van der Waals surface area (Å²) >= 11 is 0. The summed E-state index contributed by atoms with van der Waals surface area (Å²) in [5.74, 6) is 0.152. The molecule has 2 aromatic rings. The summed E-state index contributed by atoms with van der Waals surface area (Å²) in [5.41, 5.74) is 6.33. The van der Waals surface area contributed by atoms with Crippen molar-refractivity contribution in [3.05, 3.63) is 70.8 Å². The number of carbonyl (C=O) groups is 1. The molecular formula is C23H23N3O. The van der Waals surface area contributed by atoms with E-state index in [-0.39, 0.29) is 5.78 Å². The highest BCUT2D eigenvalue weighted by molar-refractivity contribution is 6.14. The molecule has 3 heterocycles. The Balaban J connectivity index is 1.34. The number of ketones is 1. The number of nitrogens with one attached hydrogen (secondary N) is 1. The number of hydrogen-bond acceptors (Lipinski definition) is 4. The molecule has 1 N–H and O–H groups in total. The first kappa shape index (κ1) is 16.3. The Bertz CT molecular complexity index is 842. The Morgan fingerprint density at radius 2 is 1.07 bits per heavy atom. The van der Waals surface area contributed by atoms with Gasteiger partial charge in [0.15, 0.2) is 5.78 Å². The highest BCUT2D eigenvalue weighted by Crippen LogP contribution is 2.24. The average Bonchev–Trinajstić information content (AvgIpc) is 3.58. The summed E-state index contributed by atoms with van der Waals surface area (Å²) in [6.45, 7) is 5.84. The fourth-order valence-corrected chi connectivity index (χ4v) is 3.51. The maximum Gasteiger partial charge on any atom is 0.187 e. The van der Waals surface area contributed by atoms with Crippen molar-refractivity contribution in [2.75, 3.05) is 49.1 Å². The molecule has 4 nitrogen and oxygen atoms in total. The monoisotopic (exact) mass is 357 g/mol. The zero-order valence-electron chi connectivity index (χ0n) is 15.3. The average molecular weight is 357 g/mol. The van der Waals surface area contributed by atoms with Gasteiger partial charge >= 0.3 is 0 Å². The van der Waals surface area contributed by atoms with E-state index in [4.69, 9.17) is 0 Å². The van der Waals surface area contributed by atoms with Crippen molar-refractivity contribution in [3.8, 4) is 0 Å². The van der Waals surface area contributed by atoms with Gasteiger partial charge in [0.05, 0.1) is 0 Å². The number of carbonyl (C=O) groups excluding carboxylic acids is 1. The minimum atomic E-state index is 0.152. The van der Waals surface area contributed by atoms with Gasteiger partial charge in [0, 0.05) is 61.8 Å². The second kappa shape index (κ2) is 6.71. The molecule has 5 rings (SSSR count). The first-order valence-electron chi connectivity index (χ1n) is 9.63. The van der Waals surface area contributed by atoms with Gasteiger partial charge in [0.2, 0.25) is 0 Å². The van der Waals surface area contributed by atoms with Crippen molar-refractivity contribution >= 4 is 29.3 Å². The van der Waals surface area contributed by atoms with Gasteiger partial charge in [-0.05, 0) is 47.5 Å². The highest BCUT2D eigenvalue weighted by Gasteiger charge is 2.21. The topological polar surface area (TPSA) is 35.1 Å². The molecule has 0 aromatic heterocycles. The SMILES string of the molecule is O=C1/C(=C\c2ccc(N3CC3)cc2)CNC/C1=C\c1ccc(N2CC2)cc1. The minimum Gasteiger partial charge on any atom is -0.368 e. The molecule has 0 atom stereocenters. The van der Waals surface area contributed by atoms with E-state index in [1.54, 1.807) is 0 Å². The zero-order chi connectivity index (χ0) is 18.2. The normalized spacial score (nSPS) is 21.9. The van der Waals surface area contributed by atoms with Gasteiger partial charge < -0.3 is 15.1 Å². The fraction of sp³-hybridized carbons (Fsp3) is 0.261. The van der Waals surface area contributed by atoms with Crippen LogP contribution in [0, 0.1) is 0 Å². The van der Waals surface area contributed by atoms with Gasteiger partial charge in [0.1, 0.15) is 0 Å². The van der Waals surface area contributed by atoms with E-state index in [9.17, 15) is 4.79 Å². The molecule has 136 valence electrons. The van der Waals surface area contributed by atoms with Crippen molar-refractivity contribution < 1.29 is 4.79 Å². The second-order valence-corrected chi connectivity index (χ2v) is 7.43. The van der Waals surface area contributed by atoms with Crippen molar-refractivity contribution in [2.24, 2.45) is 0 Å². The third kappa shape index (κ3) is 3.67. The second-order valence-electron chi connectivity index (χ2n) is 7.43.